The van der Waals surface area contributed by atoms with Crippen molar-refractivity contribution in [1.82, 2.24) is 0 Å². The van der Waals surface area contributed by atoms with Crippen molar-refractivity contribution in [2.75, 3.05) is 7.11 Å². The number of rotatable bonds is 3. The highest BCUT2D eigenvalue weighted by molar-refractivity contribution is 6.21. The summed E-state index contributed by atoms with van der Waals surface area (Å²) in [7, 11) is 1.51. The first kappa shape index (κ1) is 20.9. The average molecular weight is 450 g/mol. The number of benzene rings is 5. The highest BCUT2D eigenvalue weighted by Gasteiger charge is 2.23. The van der Waals surface area contributed by atoms with Gasteiger partial charge in [-0.05, 0) is 70.4 Å². The number of fused-ring (bicyclic) bond motifs is 2. The van der Waals surface area contributed by atoms with E-state index in [1.807, 2.05) is 0 Å². The molecule has 164 valence electrons. The summed E-state index contributed by atoms with van der Waals surface area (Å²) in [6, 6.07) is 15.6. The molecule has 0 aromatic heterocycles. The minimum absolute atomic E-state index is 0.0426. The molecular formula is C27H15F5O. The molecule has 0 amide bonds. The monoisotopic (exact) mass is 450 g/mol. The van der Waals surface area contributed by atoms with Gasteiger partial charge >= 0.3 is 0 Å². The number of hydrogen-bond donors (Lipinski definition) is 0. The predicted molar refractivity (Wildman–Crippen MR) is 119 cm³/mol. The highest BCUT2D eigenvalue weighted by Crippen LogP contribution is 2.46. The minimum atomic E-state index is -1.15. The molecular weight excluding hydrogens is 435 g/mol. The second-order valence-electron chi connectivity index (χ2n) is 7.58. The molecule has 0 atom stereocenters. The van der Waals surface area contributed by atoms with E-state index in [4.69, 9.17) is 4.74 Å². The van der Waals surface area contributed by atoms with Crippen LogP contribution < -0.4 is 4.74 Å². The van der Waals surface area contributed by atoms with Gasteiger partial charge in [-0.15, -0.1) is 0 Å². The molecule has 0 fully saturated rings. The zero-order chi connectivity index (χ0) is 23.3. The van der Waals surface area contributed by atoms with E-state index in [0.29, 0.717) is 22.3 Å². The Balaban J connectivity index is 2.02. The van der Waals surface area contributed by atoms with Crippen molar-refractivity contribution < 1.29 is 26.7 Å². The highest BCUT2D eigenvalue weighted by atomic mass is 19.2. The van der Waals surface area contributed by atoms with Gasteiger partial charge in [-0.3, -0.25) is 0 Å². The Morgan fingerprint density at radius 1 is 0.515 bits per heavy atom. The Hall–Kier alpha value is -3.93. The Kier molecular flexibility index (Phi) is 5.01. The first-order chi connectivity index (χ1) is 15.9. The molecule has 5 aromatic carbocycles. The van der Waals surface area contributed by atoms with Crippen molar-refractivity contribution in [2.45, 2.75) is 0 Å². The Morgan fingerprint density at radius 3 is 1.70 bits per heavy atom. The van der Waals surface area contributed by atoms with Crippen LogP contribution in [0.5, 0.6) is 5.75 Å². The van der Waals surface area contributed by atoms with Crippen LogP contribution in [0.2, 0.25) is 0 Å². The molecule has 0 saturated heterocycles. The fourth-order valence-corrected chi connectivity index (χ4v) is 4.26. The number of halogens is 5. The van der Waals surface area contributed by atoms with Gasteiger partial charge in [0.2, 0.25) is 0 Å². The molecule has 5 rings (SSSR count). The molecule has 0 radical (unpaired) electrons. The Labute approximate surface area is 185 Å². The summed E-state index contributed by atoms with van der Waals surface area (Å²) in [4.78, 5) is 0. The van der Waals surface area contributed by atoms with Crippen LogP contribution in [0.15, 0.2) is 72.8 Å². The maximum Gasteiger partial charge on any atom is 0.159 e. The fourth-order valence-electron chi connectivity index (χ4n) is 4.26. The summed E-state index contributed by atoms with van der Waals surface area (Å²) >= 11 is 0. The lowest BCUT2D eigenvalue weighted by Crippen LogP contribution is -1.97. The third-order valence-corrected chi connectivity index (χ3v) is 5.71. The van der Waals surface area contributed by atoms with Gasteiger partial charge in [0.05, 0.1) is 7.11 Å². The van der Waals surface area contributed by atoms with Gasteiger partial charge < -0.3 is 4.74 Å². The van der Waals surface area contributed by atoms with Gasteiger partial charge in [0, 0.05) is 21.9 Å². The van der Waals surface area contributed by atoms with Crippen LogP contribution in [-0.4, -0.2) is 7.11 Å². The fraction of sp³-hybridized carbons (Fsp3) is 0.0370. The molecule has 0 aliphatic rings. The van der Waals surface area contributed by atoms with Crippen molar-refractivity contribution in [3.8, 4) is 28.0 Å². The Morgan fingerprint density at radius 2 is 1.09 bits per heavy atom. The molecule has 0 spiro atoms. The van der Waals surface area contributed by atoms with Gasteiger partial charge in [0.1, 0.15) is 23.2 Å². The lowest BCUT2D eigenvalue weighted by Gasteiger charge is -2.19. The summed E-state index contributed by atoms with van der Waals surface area (Å²) in [6.07, 6.45) is 0. The first-order valence-electron chi connectivity index (χ1n) is 10.0. The maximum absolute atomic E-state index is 15.3. The summed E-state index contributed by atoms with van der Waals surface area (Å²) in [5.41, 5.74) is 1.08. The molecule has 0 aliphatic carbocycles. The summed E-state index contributed by atoms with van der Waals surface area (Å²) in [5.74, 6) is -3.74. The van der Waals surface area contributed by atoms with Gasteiger partial charge in [-0.25, -0.2) is 22.0 Å². The molecule has 0 heterocycles. The smallest absolute Gasteiger partial charge is 0.159 e. The molecule has 0 saturated carbocycles. The molecule has 0 unspecified atom stereocenters. The second kappa shape index (κ2) is 7.89. The molecule has 6 heteroatoms. The van der Waals surface area contributed by atoms with E-state index in [9.17, 15) is 13.2 Å². The minimum Gasteiger partial charge on any atom is -0.497 e. The predicted octanol–water partition coefficient (Wildman–Crippen LogP) is 8.03. The van der Waals surface area contributed by atoms with Crippen LogP contribution in [0.3, 0.4) is 0 Å². The number of ether oxygens (including phenoxy) is 1. The van der Waals surface area contributed by atoms with Crippen LogP contribution in [0.4, 0.5) is 22.0 Å². The van der Waals surface area contributed by atoms with Crippen molar-refractivity contribution in [2.24, 2.45) is 0 Å². The van der Waals surface area contributed by atoms with Crippen LogP contribution in [0.1, 0.15) is 0 Å². The number of methoxy groups -OCH3 is 1. The zero-order valence-corrected chi connectivity index (χ0v) is 17.2. The number of hydrogen-bond acceptors (Lipinski definition) is 1. The van der Waals surface area contributed by atoms with E-state index in [2.05, 4.69) is 0 Å². The largest absolute Gasteiger partial charge is 0.497 e. The van der Waals surface area contributed by atoms with E-state index in [1.54, 1.807) is 24.3 Å². The third kappa shape index (κ3) is 3.39. The Bertz CT molecular complexity index is 1540. The van der Waals surface area contributed by atoms with Crippen LogP contribution in [0.25, 0.3) is 43.8 Å². The lowest BCUT2D eigenvalue weighted by molar-refractivity contribution is 0.415. The SMILES string of the molecule is COc1ccc(-c2c3ccc(F)cc3c(-c3ccc(F)c(F)c3)c3c(F)ccc(F)c23)cc1. The summed E-state index contributed by atoms with van der Waals surface area (Å²) < 4.78 is 77.9. The van der Waals surface area contributed by atoms with Crippen LogP contribution >= 0.6 is 0 Å². The molecule has 0 bridgehead atoms. The van der Waals surface area contributed by atoms with Gasteiger partial charge in [-0.1, -0.05) is 24.3 Å². The summed E-state index contributed by atoms with van der Waals surface area (Å²) in [6.45, 7) is 0. The van der Waals surface area contributed by atoms with E-state index in [-0.39, 0.29) is 27.3 Å². The normalized spacial score (nSPS) is 11.3. The maximum atomic E-state index is 15.3. The van der Waals surface area contributed by atoms with Crippen molar-refractivity contribution >= 4 is 21.5 Å². The van der Waals surface area contributed by atoms with Gasteiger partial charge in [-0.2, -0.15) is 0 Å². The van der Waals surface area contributed by atoms with Crippen molar-refractivity contribution in [1.29, 1.82) is 0 Å². The molecule has 5 aromatic rings. The summed E-state index contributed by atoms with van der Waals surface area (Å²) in [5, 5.41) is 0.478. The zero-order valence-electron chi connectivity index (χ0n) is 17.2. The van der Waals surface area contributed by atoms with Crippen molar-refractivity contribution in [3.05, 3.63) is 102 Å². The van der Waals surface area contributed by atoms with E-state index < -0.39 is 29.1 Å². The van der Waals surface area contributed by atoms with Crippen LogP contribution in [-0.2, 0) is 0 Å². The molecule has 1 nitrogen and oxygen atoms in total. The third-order valence-electron chi connectivity index (χ3n) is 5.71. The quantitative estimate of drug-likeness (QED) is 0.200. The van der Waals surface area contributed by atoms with Crippen molar-refractivity contribution in [3.63, 3.8) is 0 Å². The van der Waals surface area contributed by atoms with Crippen LogP contribution in [0, 0.1) is 29.1 Å². The average Bonchev–Trinajstić information content (AvgIpc) is 2.82. The van der Waals surface area contributed by atoms with Gasteiger partial charge in [0.15, 0.2) is 11.6 Å². The molecule has 0 aliphatic heterocycles. The second-order valence-corrected chi connectivity index (χ2v) is 7.58. The van der Waals surface area contributed by atoms with Gasteiger partial charge in [0.25, 0.3) is 0 Å². The standard InChI is InChI=1S/C27H15F5O/c1-33-17-6-2-14(3-7-17)24-18-8-5-16(28)13-19(18)25(15-4-9-20(29)23(32)12-15)27-22(31)11-10-21(30)26(24)27/h2-13H,1H3. The van der Waals surface area contributed by atoms with E-state index in [1.165, 1.54) is 31.4 Å². The molecule has 0 N–H and O–H groups in total. The first-order valence-corrected chi connectivity index (χ1v) is 10.0. The molecule has 33 heavy (non-hydrogen) atoms. The van der Waals surface area contributed by atoms with E-state index >= 15 is 8.78 Å². The topological polar surface area (TPSA) is 9.23 Å². The lowest BCUT2D eigenvalue weighted by atomic mass is 9.85. The van der Waals surface area contributed by atoms with E-state index in [0.717, 1.165) is 24.3 Å².